The third kappa shape index (κ3) is 4.47. The molecule has 1 saturated heterocycles. The second-order valence-corrected chi connectivity index (χ2v) is 6.12. The summed E-state index contributed by atoms with van der Waals surface area (Å²) in [6, 6.07) is 17.5. The Balaban J connectivity index is 1.48. The first kappa shape index (κ1) is 15.8. The fraction of sp³-hybridized carbons (Fsp3) is 0.278. The van der Waals surface area contributed by atoms with Crippen molar-refractivity contribution in [1.29, 1.82) is 0 Å². The van der Waals surface area contributed by atoms with Crippen LogP contribution in [-0.4, -0.2) is 42.0 Å². The lowest BCUT2D eigenvalue weighted by Crippen LogP contribution is -2.49. The molecule has 1 heterocycles. The van der Waals surface area contributed by atoms with Gasteiger partial charge in [-0.2, -0.15) is 0 Å². The van der Waals surface area contributed by atoms with Crippen LogP contribution in [0.2, 0.25) is 5.02 Å². The number of urea groups is 1. The van der Waals surface area contributed by atoms with Crippen LogP contribution in [0.3, 0.4) is 0 Å². The highest BCUT2D eigenvalue weighted by atomic mass is 35.5. The first-order valence-corrected chi connectivity index (χ1v) is 8.16. The molecule has 23 heavy (non-hydrogen) atoms. The fourth-order valence-corrected chi connectivity index (χ4v) is 2.81. The zero-order valence-corrected chi connectivity index (χ0v) is 13.7. The van der Waals surface area contributed by atoms with Gasteiger partial charge in [0.2, 0.25) is 0 Å². The van der Waals surface area contributed by atoms with E-state index in [4.69, 9.17) is 11.6 Å². The van der Waals surface area contributed by atoms with Gasteiger partial charge < -0.3 is 10.2 Å². The molecule has 2 aromatic rings. The SMILES string of the molecule is O=C(Nc1ccc(Cl)cc1)N1CCN(Cc2ccccc2)CC1. The number of hydrogen-bond acceptors (Lipinski definition) is 2. The van der Waals surface area contributed by atoms with Crippen LogP contribution in [0.25, 0.3) is 0 Å². The molecule has 1 aliphatic heterocycles. The van der Waals surface area contributed by atoms with Gasteiger partial charge in [-0.05, 0) is 29.8 Å². The van der Waals surface area contributed by atoms with Gasteiger partial charge in [-0.3, -0.25) is 4.90 Å². The Hall–Kier alpha value is -2.04. The van der Waals surface area contributed by atoms with Gasteiger partial charge in [0.15, 0.2) is 0 Å². The molecule has 0 radical (unpaired) electrons. The maximum Gasteiger partial charge on any atom is 0.321 e. The molecule has 120 valence electrons. The first-order valence-electron chi connectivity index (χ1n) is 7.78. The quantitative estimate of drug-likeness (QED) is 0.932. The van der Waals surface area contributed by atoms with Gasteiger partial charge in [-0.15, -0.1) is 0 Å². The molecule has 5 heteroatoms. The second kappa shape index (κ2) is 7.49. The number of nitrogens with zero attached hydrogens (tertiary/aromatic N) is 2. The number of hydrogen-bond donors (Lipinski definition) is 1. The van der Waals surface area contributed by atoms with E-state index in [2.05, 4.69) is 34.5 Å². The Labute approximate surface area is 141 Å². The van der Waals surface area contributed by atoms with E-state index in [1.807, 2.05) is 23.1 Å². The van der Waals surface area contributed by atoms with E-state index in [-0.39, 0.29) is 6.03 Å². The van der Waals surface area contributed by atoms with Crippen molar-refractivity contribution in [3.63, 3.8) is 0 Å². The smallest absolute Gasteiger partial charge is 0.321 e. The van der Waals surface area contributed by atoms with E-state index in [1.165, 1.54) is 5.56 Å². The predicted molar refractivity (Wildman–Crippen MR) is 93.8 cm³/mol. The highest BCUT2D eigenvalue weighted by Crippen LogP contribution is 2.15. The minimum Gasteiger partial charge on any atom is -0.322 e. The van der Waals surface area contributed by atoms with E-state index in [9.17, 15) is 4.79 Å². The van der Waals surface area contributed by atoms with Crippen molar-refractivity contribution in [2.24, 2.45) is 0 Å². The Kier molecular flexibility index (Phi) is 5.16. The van der Waals surface area contributed by atoms with E-state index < -0.39 is 0 Å². The topological polar surface area (TPSA) is 35.6 Å². The summed E-state index contributed by atoms with van der Waals surface area (Å²) in [6.45, 7) is 4.21. The molecule has 0 saturated carbocycles. The minimum atomic E-state index is -0.0494. The lowest BCUT2D eigenvalue weighted by atomic mass is 10.2. The molecular weight excluding hydrogens is 310 g/mol. The van der Waals surface area contributed by atoms with Gasteiger partial charge in [0.25, 0.3) is 0 Å². The largest absolute Gasteiger partial charge is 0.322 e. The van der Waals surface area contributed by atoms with Gasteiger partial charge >= 0.3 is 6.03 Å². The summed E-state index contributed by atoms with van der Waals surface area (Å²) in [5.74, 6) is 0. The van der Waals surface area contributed by atoms with Crippen molar-refractivity contribution in [1.82, 2.24) is 9.80 Å². The van der Waals surface area contributed by atoms with Gasteiger partial charge in [-0.1, -0.05) is 41.9 Å². The van der Waals surface area contributed by atoms with E-state index in [0.29, 0.717) is 5.02 Å². The maximum atomic E-state index is 12.3. The molecule has 0 unspecified atom stereocenters. The summed E-state index contributed by atoms with van der Waals surface area (Å²) in [5.41, 5.74) is 2.08. The number of anilines is 1. The molecule has 0 bridgehead atoms. The van der Waals surface area contributed by atoms with Crippen LogP contribution in [0, 0.1) is 0 Å². The second-order valence-electron chi connectivity index (χ2n) is 5.69. The molecule has 0 aliphatic carbocycles. The van der Waals surface area contributed by atoms with Crippen LogP contribution < -0.4 is 5.32 Å². The molecule has 2 aromatic carbocycles. The normalized spacial score (nSPS) is 15.4. The number of piperazine rings is 1. The van der Waals surface area contributed by atoms with Crippen molar-refractivity contribution in [2.45, 2.75) is 6.54 Å². The van der Waals surface area contributed by atoms with Crippen LogP contribution in [0.4, 0.5) is 10.5 Å². The molecule has 1 fully saturated rings. The standard InChI is InChI=1S/C18H20ClN3O/c19-16-6-8-17(9-7-16)20-18(23)22-12-10-21(11-13-22)14-15-4-2-1-3-5-15/h1-9H,10-14H2,(H,20,23). The lowest BCUT2D eigenvalue weighted by molar-refractivity contribution is 0.143. The molecular formula is C18H20ClN3O. The van der Waals surface area contributed by atoms with Gasteiger partial charge in [0, 0.05) is 43.4 Å². The van der Waals surface area contributed by atoms with Crippen LogP contribution in [0.15, 0.2) is 54.6 Å². The third-order valence-electron chi connectivity index (χ3n) is 4.00. The Bertz CT molecular complexity index is 637. The average molecular weight is 330 g/mol. The van der Waals surface area contributed by atoms with E-state index in [0.717, 1.165) is 38.4 Å². The summed E-state index contributed by atoms with van der Waals surface area (Å²) in [4.78, 5) is 16.5. The first-order chi connectivity index (χ1) is 11.2. The number of carbonyl (C=O) groups excluding carboxylic acids is 1. The van der Waals surface area contributed by atoms with Gasteiger partial charge in [-0.25, -0.2) is 4.79 Å². The molecule has 2 amide bonds. The summed E-state index contributed by atoms with van der Waals surface area (Å²) in [5, 5.41) is 3.58. The summed E-state index contributed by atoms with van der Waals surface area (Å²) < 4.78 is 0. The van der Waals surface area contributed by atoms with Crippen molar-refractivity contribution >= 4 is 23.3 Å². The monoisotopic (exact) mass is 329 g/mol. The molecule has 0 spiro atoms. The number of nitrogens with one attached hydrogen (secondary N) is 1. The Morgan fingerprint density at radius 3 is 2.26 bits per heavy atom. The summed E-state index contributed by atoms with van der Waals surface area (Å²) in [6.07, 6.45) is 0. The van der Waals surface area contributed by atoms with Crippen LogP contribution >= 0.6 is 11.6 Å². The number of amides is 2. The number of rotatable bonds is 3. The van der Waals surface area contributed by atoms with E-state index >= 15 is 0 Å². The average Bonchev–Trinajstić information content (AvgIpc) is 2.58. The van der Waals surface area contributed by atoms with Crippen LogP contribution in [0.1, 0.15) is 5.56 Å². The zero-order valence-electron chi connectivity index (χ0n) is 12.9. The Morgan fingerprint density at radius 2 is 1.61 bits per heavy atom. The van der Waals surface area contributed by atoms with Crippen molar-refractivity contribution < 1.29 is 4.79 Å². The van der Waals surface area contributed by atoms with Crippen molar-refractivity contribution in [3.05, 3.63) is 65.2 Å². The summed E-state index contributed by atoms with van der Waals surface area (Å²) in [7, 11) is 0. The molecule has 4 nitrogen and oxygen atoms in total. The molecule has 3 rings (SSSR count). The molecule has 0 aromatic heterocycles. The highest BCUT2D eigenvalue weighted by molar-refractivity contribution is 6.30. The molecule has 1 N–H and O–H groups in total. The maximum absolute atomic E-state index is 12.3. The zero-order chi connectivity index (χ0) is 16.1. The summed E-state index contributed by atoms with van der Waals surface area (Å²) >= 11 is 5.85. The highest BCUT2D eigenvalue weighted by Gasteiger charge is 2.21. The van der Waals surface area contributed by atoms with Gasteiger partial charge in [0.05, 0.1) is 0 Å². The van der Waals surface area contributed by atoms with Crippen molar-refractivity contribution in [2.75, 3.05) is 31.5 Å². The van der Waals surface area contributed by atoms with Crippen LogP contribution in [0.5, 0.6) is 0 Å². The molecule has 1 aliphatic rings. The van der Waals surface area contributed by atoms with E-state index in [1.54, 1.807) is 12.1 Å². The van der Waals surface area contributed by atoms with Crippen molar-refractivity contribution in [3.8, 4) is 0 Å². The third-order valence-corrected chi connectivity index (χ3v) is 4.26. The minimum absolute atomic E-state index is 0.0494. The van der Waals surface area contributed by atoms with Crippen LogP contribution in [-0.2, 0) is 6.54 Å². The lowest BCUT2D eigenvalue weighted by Gasteiger charge is -2.34. The fourth-order valence-electron chi connectivity index (χ4n) is 2.69. The predicted octanol–water partition coefficient (Wildman–Crippen LogP) is 3.69. The number of carbonyl (C=O) groups is 1. The van der Waals surface area contributed by atoms with Gasteiger partial charge in [0.1, 0.15) is 0 Å². The number of halogens is 1. The Morgan fingerprint density at radius 1 is 0.957 bits per heavy atom. The number of benzene rings is 2. The molecule has 0 atom stereocenters.